The number of nitrogens with zero attached hydrogens (tertiary/aromatic N) is 1. The molecule has 0 spiro atoms. The van der Waals surface area contributed by atoms with Crippen LogP contribution in [0.25, 0.3) is 0 Å². The lowest BCUT2D eigenvalue weighted by Gasteiger charge is -2.16. The van der Waals surface area contributed by atoms with Gasteiger partial charge in [-0.25, -0.2) is 4.79 Å². The molecule has 0 bridgehead atoms. The largest absolute Gasteiger partial charge is 0.462 e. The van der Waals surface area contributed by atoms with Gasteiger partial charge in [-0.15, -0.1) is 12.4 Å². The van der Waals surface area contributed by atoms with E-state index in [1.54, 1.807) is 6.92 Å². The molecule has 1 rings (SSSR count). The summed E-state index contributed by atoms with van der Waals surface area (Å²) in [5.41, 5.74) is 1.74. The Hall–Kier alpha value is -1.32. The molecule has 0 unspecified atom stereocenters. The molecule has 0 amide bonds. The van der Waals surface area contributed by atoms with Gasteiger partial charge in [-0.3, -0.25) is 0 Å². The summed E-state index contributed by atoms with van der Waals surface area (Å²) in [5.74, 6) is -0.305. The van der Waals surface area contributed by atoms with E-state index in [0.717, 1.165) is 19.5 Å². The molecule has 19 heavy (non-hydrogen) atoms. The molecule has 0 N–H and O–H groups in total. The van der Waals surface area contributed by atoms with E-state index in [4.69, 9.17) is 4.74 Å². The predicted octanol–water partition coefficient (Wildman–Crippen LogP) is 3.05. The van der Waals surface area contributed by atoms with Crippen molar-refractivity contribution in [1.29, 1.82) is 0 Å². The molecule has 0 aliphatic heterocycles. The summed E-state index contributed by atoms with van der Waals surface area (Å²) in [5, 5.41) is 0. The van der Waals surface area contributed by atoms with E-state index in [1.807, 2.05) is 18.2 Å². The number of halogens is 1. The molecule has 4 heteroatoms. The van der Waals surface area contributed by atoms with Gasteiger partial charge in [0.1, 0.15) is 0 Å². The highest BCUT2D eigenvalue weighted by molar-refractivity contribution is 5.86. The smallest absolute Gasteiger partial charge is 0.333 e. The highest BCUT2D eigenvalue weighted by Crippen LogP contribution is 2.03. The zero-order valence-corrected chi connectivity index (χ0v) is 12.4. The van der Waals surface area contributed by atoms with Gasteiger partial charge in [-0.1, -0.05) is 36.9 Å². The van der Waals surface area contributed by atoms with Gasteiger partial charge < -0.3 is 9.64 Å². The number of esters is 1. The van der Waals surface area contributed by atoms with Gasteiger partial charge in [0, 0.05) is 18.7 Å². The Labute approximate surface area is 121 Å². The molecule has 1 aromatic rings. The topological polar surface area (TPSA) is 29.5 Å². The number of benzene rings is 1. The van der Waals surface area contributed by atoms with Crippen molar-refractivity contribution in [2.24, 2.45) is 0 Å². The van der Waals surface area contributed by atoms with Gasteiger partial charge in [0.15, 0.2) is 0 Å². The first-order valence-electron chi connectivity index (χ1n) is 6.14. The predicted molar refractivity (Wildman–Crippen MR) is 80.4 cm³/mol. The van der Waals surface area contributed by atoms with Crippen molar-refractivity contribution < 1.29 is 9.53 Å². The molecule has 0 radical (unpaired) electrons. The first-order valence-corrected chi connectivity index (χ1v) is 6.14. The highest BCUT2D eigenvalue weighted by Gasteiger charge is 2.03. The minimum atomic E-state index is -0.305. The second-order valence-electron chi connectivity index (χ2n) is 4.49. The monoisotopic (exact) mass is 283 g/mol. The summed E-state index contributed by atoms with van der Waals surface area (Å²) in [4.78, 5) is 13.4. The fraction of sp³-hybridized carbons (Fsp3) is 0.400. The zero-order valence-electron chi connectivity index (χ0n) is 11.6. The Morgan fingerprint density at radius 3 is 2.53 bits per heavy atom. The maximum absolute atomic E-state index is 11.1. The molecule has 0 aliphatic rings. The van der Waals surface area contributed by atoms with Crippen LogP contribution in [-0.4, -0.2) is 31.1 Å². The molecule has 0 fully saturated rings. The third-order valence-corrected chi connectivity index (χ3v) is 2.56. The van der Waals surface area contributed by atoms with Crippen LogP contribution in [0.15, 0.2) is 42.5 Å². The van der Waals surface area contributed by atoms with Crippen LogP contribution in [-0.2, 0) is 16.1 Å². The Balaban J connectivity index is 0.00000324. The van der Waals surface area contributed by atoms with Gasteiger partial charge in [0.05, 0.1) is 6.61 Å². The number of carbonyl (C=O) groups excluding carboxylic acids is 1. The lowest BCUT2D eigenvalue weighted by Crippen LogP contribution is -2.21. The van der Waals surface area contributed by atoms with Crippen molar-refractivity contribution in [3.63, 3.8) is 0 Å². The average Bonchev–Trinajstić information content (AvgIpc) is 2.35. The lowest BCUT2D eigenvalue weighted by atomic mass is 10.2. The minimum absolute atomic E-state index is 0. The van der Waals surface area contributed by atoms with E-state index in [0.29, 0.717) is 12.2 Å². The van der Waals surface area contributed by atoms with Gasteiger partial charge in [-0.2, -0.15) is 0 Å². The van der Waals surface area contributed by atoms with Crippen LogP contribution in [0.1, 0.15) is 18.9 Å². The number of rotatable bonds is 7. The maximum Gasteiger partial charge on any atom is 0.333 e. The van der Waals surface area contributed by atoms with E-state index in [2.05, 4.69) is 30.7 Å². The van der Waals surface area contributed by atoms with Crippen LogP contribution in [0.3, 0.4) is 0 Å². The van der Waals surface area contributed by atoms with Crippen molar-refractivity contribution in [2.45, 2.75) is 19.9 Å². The Kier molecular flexibility index (Phi) is 8.92. The van der Waals surface area contributed by atoms with Gasteiger partial charge in [0.25, 0.3) is 0 Å². The Morgan fingerprint density at radius 2 is 1.95 bits per heavy atom. The zero-order chi connectivity index (χ0) is 13.4. The molecule has 0 aromatic heterocycles. The van der Waals surface area contributed by atoms with Crippen LogP contribution in [0.2, 0.25) is 0 Å². The SMILES string of the molecule is C=C(C)C(=O)OCCCN(C)Cc1ccccc1.Cl. The fourth-order valence-corrected chi connectivity index (χ4v) is 1.60. The molecular formula is C15H22ClNO2. The molecular weight excluding hydrogens is 262 g/mol. The number of hydrogen-bond donors (Lipinski definition) is 0. The Bertz CT molecular complexity index is 392. The average molecular weight is 284 g/mol. The molecule has 0 aliphatic carbocycles. The highest BCUT2D eigenvalue weighted by atomic mass is 35.5. The normalized spacial score (nSPS) is 9.84. The van der Waals surface area contributed by atoms with Gasteiger partial charge in [0.2, 0.25) is 0 Å². The van der Waals surface area contributed by atoms with Crippen molar-refractivity contribution in [3.8, 4) is 0 Å². The van der Waals surface area contributed by atoms with Crippen LogP contribution in [0.4, 0.5) is 0 Å². The Morgan fingerprint density at radius 1 is 1.32 bits per heavy atom. The first-order chi connectivity index (χ1) is 8.59. The second kappa shape index (κ2) is 9.59. The van der Waals surface area contributed by atoms with E-state index in [1.165, 1.54) is 5.56 Å². The number of ether oxygens (including phenoxy) is 1. The molecule has 3 nitrogen and oxygen atoms in total. The summed E-state index contributed by atoms with van der Waals surface area (Å²) < 4.78 is 5.04. The van der Waals surface area contributed by atoms with E-state index < -0.39 is 0 Å². The summed E-state index contributed by atoms with van der Waals surface area (Å²) in [6.07, 6.45) is 0.836. The summed E-state index contributed by atoms with van der Waals surface area (Å²) in [6.45, 7) is 7.46. The number of carbonyl (C=O) groups is 1. The maximum atomic E-state index is 11.1. The molecule has 0 saturated heterocycles. The molecule has 106 valence electrons. The van der Waals surface area contributed by atoms with Crippen LogP contribution < -0.4 is 0 Å². The van der Waals surface area contributed by atoms with Gasteiger partial charge >= 0.3 is 5.97 Å². The molecule has 0 heterocycles. The molecule has 0 atom stereocenters. The second-order valence-corrected chi connectivity index (χ2v) is 4.49. The molecule has 0 saturated carbocycles. The number of hydrogen-bond acceptors (Lipinski definition) is 3. The van der Waals surface area contributed by atoms with Crippen molar-refractivity contribution in [2.75, 3.05) is 20.2 Å². The summed E-state index contributed by atoms with van der Waals surface area (Å²) >= 11 is 0. The standard InChI is InChI=1S/C15H21NO2.ClH/c1-13(2)15(17)18-11-7-10-16(3)12-14-8-5-4-6-9-14;/h4-6,8-9H,1,7,10-12H2,2-3H3;1H. The molecule has 1 aromatic carbocycles. The van der Waals surface area contributed by atoms with Crippen LogP contribution >= 0.6 is 12.4 Å². The fourth-order valence-electron chi connectivity index (χ4n) is 1.60. The third-order valence-electron chi connectivity index (χ3n) is 2.56. The van der Waals surface area contributed by atoms with Gasteiger partial charge in [-0.05, 0) is 26.0 Å². The minimum Gasteiger partial charge on any atom is -0.462 e. The van der Waals surface area contributed by atoms with E-state index in [-0.39, 0.29) is 18.4 Å². The summed E-state index contributed by atoms with van der Waals surface area (Å²) in [7, 11) is 2.06. The third kappa shape index (κ3) is 7.65. The quantitative estimate of drug-likeness (QED) is 0.438. The van der Waals surface area contributed by atoms with Crippen molar-refractivity contribution in [3.05, 3.63) is 48.0 Å². The summed E-state index contributed by atoms with van der Waals surface area (Å²) in [6, 6.07) is 10.3. The van der Waals surface area contributed by atoms with Crippen LogP contribution in [0, 0.1) is 0 Å². The lowest BCUT2D eigenvalue weighted by molar-refractivity contribution is -0.139. The van der Waals surface area contributed by atoms with Crippen molar-refractivity contribution >= 4 is 18.4 Å². The van der Waals surface area contributed by atoms with Crippen molar-refractivity contribution in [1.82, 2.24) is 4.90 Å². The first kappa shape index (κ1) is 17.7. The van der Waals surface area contributed by atoms with Crippen LogP contribution in [0.5, 0.6) is 0 Å². The van der Waals surface area contributed by atoms with E-state index >= 15 is 0 Å². The van der Waals surface area contributed by atoms with E-state index in [9.17, 15) is 4.79 Å².